The molecule has 0 atom stereocenters. The average Bonchev–Trinajstić information content (AvgIpc) is 2.71. The van der Waals surface area contributed by atoms with Crippen LogP contribution >= 0.6 is 0 Å². The number of nitrogens with one attached hydrogen (secondary N) is 2. The molecule has 0 fully saturated rings. The van der Waals surface area contributed by atoms with E-state index in [4.69, 9.17) is 0 Å². The van der Waals surface area contributed by atoms with Gasteiger partial charge in [-0.15, -0.1) is 0 Å². The molecular formula is C21H24N6O. The van der Waals surface area contributed by atoms with Gasteiger partial charge in [0.1, 0.15) is 5.82 Å². The van der Waals surface area contributed by atoms with Gasteiger partial charge in [0.2, 0.25) is 5.95 Å². The molecule has 0 aliphatic rings. The maximum atomic E-state index is 12.2. The van der Waals surface area contributed by atoms with Crippen molar-refractivity contribution < 1.29 is 4.79 Å². The van der Waals surface area contributed by atoms with Crippen molar-refractivity contribution in [2.24, 2.45) is 0 Å². The van der Waals surface area contributed by atoms with Gasteiger partial charge in [-0.1, -0.05) is 0 Å². The Labute approximate surface area is 164 Å². The summed E-state index contributed by atoms with van der Waals surface area (Å²) in [6.07, 6.45) is 3.19. The third-order valence-corrected chi connectivity index (χ3v) is 4.27. The van der Waals surface area contributed by atoms with Crippen LogP contribution in [0.4, 0.5) is 23.1 Å². The zero-order chi connectivity index (χ0) is 19.9. The van der Waals surface area contributed by atoms with Crippen molar-refractivity contribution in [3.8, 4) is 0 Å². The number of nitrogens with zero attached hydrogens (tertiary/aromatic N) is 4. The van der Waals surface area contributed by atoms with E-state index in [0.717, 1.165) is 30.3 Å². The molecule has 3 rings (SSSR count). The van der Waals surface area contributed by atoms with Crippen molar-refractivity contribution in [2.75, 3.05) is 28.6 Å². The number of hydrogen-bond acceptors (Lipinski definition) is 6. The van der Waals surface area contributed by atoms with E-state index in [1.807, 2.05) is 37.3 Å². The quantitative estimate of drug-likeness (QED) is 0.648. The Bertz CT molecular complexity index is 923. The first-order chi connectivity index (χ1) is 13.6. The zero-order valence-corrected chi connectivity index (χ0v) is 16.3. The predicted molar refractivity (Wildman–Crippen MR) is 112 cm³/mol. The van der Waals surface area contributed by atoms with Gasteiger partial charge in [0.15, 0.2) is 0 Å². The summed E-state index contributed by atoms with van der Waals surface area (Å²) in [6, 6.07) is 12.8. The molecule has 0 radical (unpaired) electrons. The van der Waals surface area contributed by atoms with Crippen LogP contribution in [0.25, 0.3) is 0 Å². The largest absolute Gasteiger partial charge is 0.357 e. The number of hydrogen-bond donors (Lipinski definition) is 2. The number of rotatable bonds is 7. The fraction of sp³-hybridized carbons (Fsp3) is 0.238. The molecule has 2 heterocycles. The van der Waals surface area contributed by atoms with Crippen LogP contribution in [0.3, 0.4) is 0 Å². The van der Waals surface area contributed by atoms with Crippen molar-refractivity contribution in [3.63, 3.8) is 0 Å². The minimum atomic E-state index is -0.172. The molecule has 2 aromatic heterocycles. The highest BCUT2D eigenvalue weighted by molar-refractivity contribution is 6.04. The number of carbonyl (C=O) groups is 1. The number of aromatic nitrogens is 3. The predicted octanol–water partition coefficient (Wildman–Crippen LogP) is 4.02. The van der Waals surface area contributed by atoms with Gasteiger partial charge in [0.25, 0.3) is 5.91 Å². The number of anilines is 4. The first-order valence-corrected chi connectivity index (χ1v) is 9.28. The lowest BCUT2D eigenvalue weighted by Crippen LogP contribution is -2.23. The van der Waals surface area contributed by atoms with Crippen LogP contribution < -0.4 is 15.5 Å². The van der Waals surface area contributed by atoms with Crippen LogP contribution in [-0.2, 0) is 0 Å². The topological polar surface area (TPSA) is 83.0 Å². The van der Waals surface area contributed by atoms with Crippen molar-refractivity contribution in [2.45, 2.75) is 20.8 Å². The first kappa shape index (κ1) is 19.3. The fourth-order valence-electron chi connectivity index (χ4n) is 2.79. The Balaban J connectivity index is 1.70. The lowest BCUT2D eigenvalue weighted by molar-refractivity contribution is 0.102. The molecule has 0 aliphatic carbocycles. The molecule has 0 saturated carbocycles. The van der Waals surface area contributed by atoms with Crippen LogP contribution in [0.15, 0.2) is 54.9 Å². The van der Waals surface area contributed by atoms with Gasteiger partial charge in [-0.2, -0.15) is 4.98 Å². The molecule has 2 N–H and O–H groups in total. The summed E-state index contributed by atoms with van der Waals surface area (Å²) in [6.45, 7) is 7.94. The monoisotopic (exact) mass is 376 g/mol. The minimum absolute atomic E-state index is 0.172. The van der Waals surface area contributed by atoms with Gasteiger partial charge in [-0.3, -0.25) is 9.78 Å². The van der Waals surface area contributed by atoms with Crippen LogP contribution in [0.2, 0.25) is 0 Å². The molecule has 0 unspecified atom stereocenters. The molecule has 0 bridgehead atoms. The maximum absolute atomic E-state index is 12.2. The standard InChI is InChI=1S/C21H24N6O/c1-4-27(5-2)19-14-15(3)23-21(26-19)25-18-8-6-17(7-9-18)24-20(28)16-10-12-22-13-11-16/h6-14H,4-5H2,1-3H3,(H,24,28)(H,23,25,26). The molecule has 0 saturated heterocycles. The highest BCUT2D eigenvalue weighted by Crippen LogP contribution is 2.20. The number of amides is 1. The molecular weight excluding hydrogens is 352 g/mol. The number of pyridine rings is 1. The van der Waals surface area contributed by atoms with E-state index in [2.05, 4.69) is 44.3 Å². The number of benzene rings is 1. The lowest BCUT2D eigenvalue weighted by Gasteiger charge is -2.20. The summed E-state index contributed by atoms with van der Waals surface area (Å²) in [5, 5.41) is 6.10. The normalized spacial score (nSPS) is 10.4. The van der Waals surface area contributed by atoms with Crippen molar-refractivity contribution >= 4 is 29.0 Å². The lowest BCUT2D eigenvalue weighted by atomic mass is 10.2. The molecule has 144 valence electrons. The Morgan fingerprint density at radius 1 is 0.964 bits per heavy atom. The van der Waals surface area contributed by atoms with E-state index in [1.165, 1.54) is 0 Å². The van der Waals surface area contributed by atoms with E-state index >= 15 is 0 Å². The zero-order valence-electron chi connectivity index (χ0n) is 16.3. The first-order valence-electron chi connectivity index (χ1n) is 9.28. The second-order valence-corrected chi connectivity index (χ2v) is 6.26. The third-order valence-electron chi connectivity index (χ3n) is 4.27. The van der Waals surface area contributed by atoms with Crippen LogP contribution in [0.1, 0.15) is 29.9 Å². The molecule has 1 aromatic carbocycles. The van der Waals surface area contributed by atoms with Crippen LogP contribution in [-0.4, -0.2) is 33.9 Å². The van der Waals surface area contributed by atoms with E-state index in [9.17, 15) is 4.79 Å². The smallest absolute Gasteiger partial charge is 0.255 e. The summed E-state index contributed by atoms with van der Waals surface area (Å²) in [5.74, 6) is 1.28. The van der Waals surface area contributed by atoms with Crippen LogP contribution in [0, 0.1) is 6.92 Å². The van der Waals surface area contributed by atoms with Crippen LogP contribution in [0.5, 0.6) is 0 Å². The summed E-state index contributed by atoms with van der Waals surface area (Å²) >= 11 is 0. The van der Waals surface area contributed by atoms with Crippen molar-refractivity contribution in [3.05, 3.63) is 66.1 Å². The second kappa shape index (κ2) is 8.94. The Kier molecular flexibility index (Phi) is 6.16. The molecule has 7 heteroatoms. The van der Waals surface area contributed by atoms with Gasteiger partial charge < -0.3 is 15.5 Å². The van der Waals surface area contributed by atoms with E-state index < -0.39 is 0 Å². The molecule has 7 nitrogen and oxygen atoms in total. The van der Waals surface area contributed by atoms with Gasteiger partial charge in [-0.05, 0) is 57.2 Å². The summed E-state index contributed by atoms with van der Waals surface area (Å²) in [5.41, 5.74) is 3.02. The van der Waals surface area contributed by atoms with Gasteiger partial charge in [0, 0.05) is 54.2 Å². The molecule has 28 heavy (non-hydrogen) atoms. The fourth-order valence-corrected chi connectivity index (χ4v) is 2.79. The van der Waals surface area contributed by atoms with E-state index in [1.54, 1.807) is 24.5 Å². The average molecular weight is 376 g/mol. The molecule has 0 spiro atoms. The maximum Gasteiger partial charge on any atom is 0.255 e. The van der Waals surface area contributed by atoms with Crippen molar-refractivity contribution in [1.82, 2.24) is 15.0 Å². The molecule has 0 aliphatic heterocycles. The summed E-state index contributed by atoms with van der Waals surface area (Å²) in [7, 11) is 0. The highest BCUT2D eigenvalue weighted by Gasteiger charge is 2.09. The Morgan fingerprint density at radius 3 is 2.25 bits per heavy atom. The van der Waals surface area contributed by atoms with E-state index in [0.29, 0.717) is 17.2 Å². The van der Waals surface area contributed by atoms with Gasteiger partial charge in [-0.25, -0.2) is 4.98 Å². The minimum Gasteiger partial charge on any atom is -0.357 e. The molecule has 3 aromatic rings. The second-order valence-electron chi connectivity index (χ2n) is 6.26. The third kappa shape index (κ3) is 4.82. The van der Waals surface area contributed by atoms with Crippen molar-refractivity contribution in [1.29, 1.82) is 0 Å². The Morgan fingerprint density at radius 2 is 1.61 bits per heavy atom. The Hall–Kier alpha value is -3.48. The summed E-state index contributed by atoms with van der Waals surface area (Å²) < 4.78 is 0. The number of carbonyl (C=O) groups excluding carboxylic acids is 1. The van der Waals surface area contributed by atoms with Gasteiger partial charge in [0.05, 0.1) is 0 Å². The highest BCUT2D eigenvalue weighted by atomic mass is 16.1. The summed E-state index contributed by atoms with van der Waals surface area (Å²) in [4.78, 5) is 27.4. The molecule has 1 amide bonds. The number of aryl methyl sites for hydroxylation is 1. The SMILES string of the molecule is CCN(CC)c1cc(C)nc(Nc2ccc(NC(=O)c3ccncc3)cc2)n1. The van der Waals surface area contributed by atoms with E-state index in [-0.39, 0.29) is 5.91 Å². The van der Waals surface area contributed by atoms with Gasteiger partial charge >= 0.3 is 0 Å².